The Morgan fingerprint density at radius 1 is 1.53 bits per heavy atom. The molecule has 17 heavy (non-hydrogen) atoms. The van der Waals surface area contributed by atoms with Gasteiger partial charge in [-0.1, -0.05) is 17.7 Å². The number of benzene rings is 1. The van der Waals surface area contributed by atoms with Crippen molar-refractivity contribution in [3.63, 3.8) is 0 Å². The van der Waals surface area contributed by atoms with Gasteiger partial charge in [0.1, 0.15) is 0 Å². The van der Waals surface area contributed by atoms with Gasteiger partial charge in [-0.25, -0.2) is 0 Å². The van der Waals surface area contributed by atoms with Crippen molar-refractivity contribution >= 4 is 23.2 Å². The van der Waals surface area contributed by atoms with Crippen LogP contribution in [0.2, 0.25) is 5.02 Å². The van der Waals surface area contributed by atoms with E-state index < -0.39 is 0 Å². The van der Waals surface area contributed by atoms with Crippen LogP contribution in [0, 0.1) is 17.8 Å². The highest BCUT2D eigenvalue weighted by Gasteiger charge is 2.62. The second kappa shape index (κ2) is 3.64. The molecule has 1 saturated carbocycles. The first-order valence-corrected chi connectivity index (χ1v) is 6.29. The summed E-state index contributed by atoms with van der Waals surface area (Å²) in [7, 11) is 0. The lowest BCUT2D eigenvalue weighted by Crippen LogP contribution is -2.34. The van der Waals surface area contributed by atoms with Crippen LogP contribution in [0.25, 0.3) is 0 Å². The van der Waals surface area contributed by atoms with E-state index in [0.717, 1.165) is 17.3 Å². The van der Waals surface area contributed by atoms with E-state index in [0.29, 0.717) is 17.9 Å². The van der Waals surface area contributed by atoms with Crippen LogP contribution in [0.3, 0.4) is 0 Å². The van der Waals surface area contributed by atoms with Gasteiger partial charge in [-0.05, 0) is 37.0 Å². The molecule has 1 aromatic carbocycles. The Morgan fingerprint density at radius 2 is 2.29 bits per heavy atom. The fourth-order valence-electron chi connectivity index (χ4n) is 3.29. The van der Waals surface area contributed by atoms with Crippen LogP contribution < -0.4 is 10.6 Å². The third-order valence-corrected chi connectivity index (χ3v) is 4.39. The van der Waals surface area contributed by atoms with Crippen molar-refractivity contribution in [3.8, 4) is 0 Å². The maximum Gasteiger partial charge on any atom is 0.221 e. The summed E-state index contributed by atoms with van der Waals surface area (Å²) in [6, 6.07) is 8.24. The van der Waals surface area contributed by atoms with Gasteiger partial charge in [-0.3, -0.25) is 4.79 Å². The molecule has 0 spiro atoms. The molecule has 1 saturated heterocycles. The first-order valence-electron chi connectivity index (χ1n) is 5.91. The van der Waals surface area contributed by atoms with Crippen molar-refractivity contribution in [2.24, 2.45) is 23.5 Å². The van der Waals surface area contributed by atoms with E-state index in [1.165, 1.54) is 0 Å². The van der Waals surface area contributed by atoms with Gasteiger partial charge < -0.3 is 10.6 Å². The number of carbonyl (C=O) groups is 1. The van der Waals surface area contributed by atoms with Gasteiger partial charge in [-0.15, -0.1) is 0 Å². The number of rotatable bonds is 2. The van der Waals surface area contributed by atoms with E-state index >= 15 is 0 Å². The average Bonchev–Trinajstić information content (AvgIpc) is 2.90. The SMILES string of the molecule is CC1C2C(CN1c1cccc(Cl)c1)[C@H]2C(N)=O. The minimum absolute atomic E-state index is 0.0976. The smallest absolute Gasteiger partial charge is 0.221 e. The minimum Gasteiger partial charge on any atom is -0.369 e. The third-order valence-electron chi connectivity index (χ3n) is 4.15. The van der Waals surface area contributed by atoms with Crippen molar-refractivity contribution in [1.82, 2.24) is 0 Å². The molecule has 3 rings (SSSR count). The molecular formula is C13H15ClN2O. The standard InChI is InChI=1S/C13H15ClN2O/c1-7-11-10(12(11)13(15)17)6-16(7)9-4-2-3-8(14)5-9/h2-5,7,10-12H,6H2,1H3,(H2,15,17)/t7?,10?,11?,12-/m1/s1. The van der Waals surface area contributed by atoms with Crippen molar-refractivity contribution < 1.29 is 4.79 Å². The summed E-state index contributed by atoms with van der Waals surface area (Å²) in [5.41, 5.74) is 6.52. The quantitative estimate of drug-likeness (QED) is 0.872. The highest BCUT2D eigenvalue weighted by Crippen LogP contribution is 2.55. The molecule has 0 aromatic heterocycles. The molecule has 3 nitrogen and oxygen atoms in total. The second-order valence-electron chi connectivity index (χ2n) is 5.04. The van der Waals surface area contributed by atoms with E-state index in [4.69, 9.17) is 17.3 Å². The largest absolute Gasteiger partial charge is 0.369 e. The lowest BCUT2D eigenvalue weighted by Gasteiger charge is -2.28. The second-order valence-corrected chi connectivity index (χ2v) is 5.48. The van der Waals surface area contributed by atoms with E-state index in [-0.39, 0.29) is 11.8 Å². The number of piperidine rings is 1. The predicted octanol–water partition coefficient (Wildman–Crippen LogP) is 1.90. The van der Waals surface area contributed by atoms with Gasteiger partial charge in [0.2, 0.25) is 5.91 Å². The number of fused-ring (bicyclic) bond motifs is 1. The van der Waals surface area contributed by atoms with Gasteiger partial charge in [0.15, 0.2) is 0 Å². The summed E-state index contributed by atoms with van der Waals surface area (Å²) in [5, 5.41) is 0.752. The zero-order valence-electron chi connectivity index (χ0n) is 9.64. The van der Waals surface area contributed by atoms with Gasteiger partial charge in [-0.2, -0.15) is 0 Å². The van der Waals surface area contributed by atoms with Crippen LogP contribution in [-0.2, 0) is 4.79 Å². The van der Waals surface area contributed by atoms with Crippen LogP contribution in [-0.4, -0.2) is 18.5 Å². The molecule has 4 atom stereocenters. The zero-order valence-corrected chi connectivity index (χ0v) is 10.4. The summed E-state index contributed by atoms with van der Waals surface area (Å²) < 4.78 is 0. The minimum atomic E-state index is -0.141. The number of carbonyl (C=O) groups excluding carboxylic acids is 1. The fraction of sp³-hybridized carbons (Fsp3) is 0.462. The molecule has 4 heteroatoms. The molecule has 0 bridgehead atoms. The van der Waals surface area contributed by atoms with Gasteiger partial charge in [0.05, 0.1) is 0 Å². The van der Waals surface area contributed by atoms with Crippen molar-refractivity contribution in [2.45, 2.75) is 13.0 Å². The number of nitrogens with zero attached hydrogens (tertiary/aromatic N) is 1. The van der Waals surface area contributed by atoms with Crippen LogP contribution in [0.15, 0.2) is 24.3 Å². The molecule has 90 valence electrons. The molecule has 2 N–H and O–H groups in total. The molecule has 0 radical (unpaired) electrons. The van der Waals surface area contributed by atoms with Crippen molar-refractivity contribution in [2.75, 3.05) is 11.4 Å². The lowest BCUT2D eigenvalue weighted by molar-refractivity contribution is -0.119. The number of nitrogens with two attached hydrogens (primary N) is 1. The Balaban J connectivity index is 1.80. The van der Waals surface area contributed by atoms with Crippen molar-refractivity contribution in [1.29, 1.82) is 0 Å². The maximum absolute atomic E-state index is 11.2. The normalized spacial score (nSPS) is 34.6. The Hall–Kier alpha value is -1.22. The van der Waals surface area contributed by atoms with E-state index in [1.54, 1.807) is 0 Å². The van der Waals surface area contributed by atoms with Gasteiger partial charge in [0, 0.05) is 29.2 Å². The summed E-state index contributed by atoms with van der Waals surface area (Å²) >= 11 is 6.00. The zero-order chi connectivity index (χ0) is 12.2. The topological polar surface area (TPSA) is 46.3 Å². The van der Waals surface area contributed by atoms with Crippen LogP contribution in [0.1, 0.15) is 6.92 Å². The number of halogens is 1. The average molecular weight is 251 g/mol. The van der Waals surface area contributed by atoms with E-state index in [9.17, 15) is 4.79 Å². The molecule has 1 heterocycles. The molecule has 2 aliphatic rings. The predicted molar refractivity (Wildman–Crippen MR) is 67.9 cm³/mol. The molecule has 1 amide bonds. The number of amides is 1. The van der Waals surface area contributed by atoms with Gasteiger partial charge >= 0.3 is 0 Å². The summed E-state index contributed by atoms with van der Waals surface area (Å²) in [5.74, 6) is 0.839. The number of hydrogen-bond donors (Lipinski definition) is 1. The number of hydrogen-bond acceptors (Lipinski definition) is 2. The molecule has 1 aliphatic heterocycles. The lowest BCUT2D eigenvalue weighted by atomic mass is 10.1. The molecular weight excluding hydrogens is 236 g/mol. The maximum atomic E-state index is 11.2. The third kappa shape index (κ3) is 1.61. The summed E-state index contributed by atoms with van der Waals surface area (Å²) in [6.45, 7) is 3.08. The molecule has 1 aromatic rings. The Morgan fingerprint density at radius 3 is 2.82 bits per heavy atom. The van der Waals surface area contributed by atoms with Gasteiger partial charge in [0.25, 0.3) is 0 Å². The Kier molecular flexibility index (Phi) is 2.33. The fourth-order valence-corrected chi connectivity index (χ4v) is 3.48. The van der Waals surface area contributed by atoms with Crippen LogP contribution in [0.4, 0.5) is 5.69 Å². The van der Waals surface area contributed by atoms with E-state index in [2.05, 4.69) is 17.9 Å². The van der Waals surface area contributed by atoms with Crippen molar-refractivity contribution in [3.05, 3.63) is 29.3 Å². The highest BCUT2D eigenvalue weighted by atomic mass is 35.5. The van der Waals surface area contributed by atoms with Crippen LogP contribution >= 0.6 is 11.6 Å². The Labute approximate surface area is 106 Å². The molecule has 3 unspecified atom stereocenters. The van der Waals surface area contributed by atoms with Crippen LogP contribution in [0.5, 0.6) is 0 Å². The first-order chi connectivity index (χ1) is 8.09. The monoisotopic (exact) mass is 250 g/mol. The Bertz CT molecular complexity index is 476. The summed E-state index contributed by atoms with van der Waals surface area (Å²) in [4.78, 5) is 13.5. The first kappa shape index (κ1) is 10.9. The molecule has 2 fully saturated rings. The number of anilines is 1. The van der Waals surface area contributed by atoms with E-state index in [1.807, 2.05) is 18.2 Å². The number of primary amides is 1. The molecule has 1 aliphatic carbocycles. The highest BCUT2D eigenvalue weighted by molar-refractivity contribution is 6.30. The summed E-state index contributed by atoms with van der Waals surface area (Å²) in [6.07, 6.45) is 0.